The molecule has 0 aromatic heterocycles. The van der Waals surface area contributed by atoms with Crippen LogP contribution in [0.15, 0.2) is 48.5 Å². The number of hydrogen-bond donors (Lipinski definition) is 1. The Morgan fingerprint density at radius 1 is 1.10 bits per heavy atom. The normalized spacial score (nSPS) is 11.8. The van der Waals surface area contributed by atoms with Crippen LogP contribution in [0, 0.1) is 17.1 Å². The van der Waals surface area contributed by atoms with Crippen molar-refractivity contribution in [2.75, 3.05) is 5.32 Å². The standard InChI is InChI=1S/C15H11F3N2O/c16-11-2-1-3-12(8-11)20-14(9-19)10-4-6-13(7-5-10)21-15(17)18/h1-8,14-15,20H. The van der Waals surface area contributed by atoms with Crippen LogP contribution in [-0.2, 0) is 0 Å². The Kier molecular flexibility index (Phi) is 4.67. The highest BCUT2D eigenvalue weighted by molar-refractivity contribution is 5.48. The summed E-state index contributed by atoms with van der Waals surface area (Å²) in [6, 6.07) is 12.7. The van der Waals surface area contributed by atoms with Crippen molar-refractivity contribution < 1.29 is 17.9 Å². The summed E-state index contributed by atoms with van der Waals surface area (Å²) in [6.45, 7) is -2.90. The zero-order chi connectivity index (χ0) is 15.2. The SMILES string of the molecule is N#CC(Nc1cccc(F)c1)c1ccc(OC(F)F)cc1. The van der Waals surface area contributed by atoms with E-state index in [0.29, 0.717) is 11.3 Å². The van der Waals surface area contributed by atoms with Crippen LogP contribution >= 0.6 is 0 Å². The lowest BCUT2D eigenvalue weighted by Crippen LogP contribution is -2.09. The van der Waals surface area contributed by atoms with Gasteiger partial charge in [0.05, 0.1) is 6.07 Å². The second kappa shape index (κ2) is 6.66. The van der Waals surface area contributed by atoms with E-state index in [1.54, 1.807) is 6.07 Å². The van der Waals surface area contributed by atoms with Crippen molar-refractivity contribution in [3.05, 3.63) is 59.9 Å². The fraction of sp³-hybridized carbons (Fsp3) is 0.133. The molecule has 0 spiro atoms. The number of rotatable bonds is 5. The molecule has 0 saturated heterocycles. The fourth-order valence-corrected chi connectivity index (χ4v) is 1.78. The minimum absolute atomic E-state index is 0.0104. The molecule has 6 heteroatoms. The molecule has 0 aliphatic carbocycles. The lowest BCUT2D eigenvalue weighted by molar-refractivity contribution is -0.0498. The third-order valence-electron chi connectivity index (χ3n) is 2.70. The van der Waals surface area contributed by atoms with Gasteiger partial charge in [-0.2, -0.15) is 14.0 Å². The van der Waals surface area contributed by atoms with Crippen LogP contribution in [-0.4, -0.2) is 6.61 Å². The number of alkyl halides is 2. The Hall–Kier alpha value is -2.68. The Morgan fingerprint density at radius 3 is 2.38 bits per heavy atom. The summed E-state index contributed by atoms with van der Waals surface area (Å²) in [5, 5.41) is 12.0. The van der Waals surface area contributed by atoms with Crippen LogP contribution in [0.3, 0.4) is 0 Å². The van der Waals surface area contributed by atoms with Gasteiger partial charge >= 0.3 is 6.61 Å². The molecule has 2 rings (SSSR count). The van der Waals surface area contributed by atoms with Gasteiger partial charge in [-0.25, -0.2) is 4.39 Å². The van der Waals surface area contributed by atoms with E-state index in [9.17, 15) is 13.2 Å². The van der Waals surface area contributed by atoms with Gasteiger partial charge in [0, 0.05) is 5.69 Å². The molecule has 0 aliphatic rings. The summed E-state index contributed by atoms with van der Waals surface area (Å²) in [5.74, 6) is -0.409. The molecule has 0 amide bonds. The van der Waals surface area contributed by atoms with Crippen LogP contribution in [0.2, 0.25) is 0 Å². The van der Waals surface area contributed by atoms with Crippen LogP contribution in [0.4, 0.5) is 18.9 Å². The van der Waals surface area contributed by atoms with Crippen molar-refractivity contribution in [2.24, 2.45) is 0 Å². The van der Waals surface area contributed by atoms with Crippen molar-refractivity contribution >= 4 is 5.69 Å². The number of hydrogen-bond acceptors (Lipinski definition) is 3. The Bertz CT molecular complexity index is 638. The van der Waals surface area contributed by atoms with Gasteiger partial charge in [0.15, 0.2) is 0 Å². The zero-order valence-corrected chi connectivity index (χ0v) is 10.8. The number of anilines is 1. The lowest BCUT2D eigenvalue weighted by Gasteiger charge is -2.14. The van der Waals surface area contributed by atoms with Crippen molar-refractivity contribution in [1.82, 2.24) is 0 Å². The van der Waals surface area contributed by atoms with Gasteiger partial charge in [-0.3, -0.25) is 0 Å². The van der Waals surface area contributed by atoms with Gasteiger partial charge in [-0.05, 0) is 35.9 Å². The van der Waals surface area contributed by atoms with Crippen LogP contribution in [0.25, 0.3) is 0 Å². The minimum atomic E-state index is -2.90. The summed E-state index contributed by atoms with van der Waals surface area (Å²) >= 11 is 0. The van der Waals surface area contributed by atoms with Crippen molar-refractivity contribution in [2.45, 2.75) is 12.7 Å². The molecule has 1 N–H and O–H groups in total. The Balaban J connectivity index is 2.12. The molecule has 0 radical (unpaired) electrons. The molecule has 0 fully saturated rings. The van der Waals surface area contributed by atoms with E-state index in [-0.39, 0.29) is 5.75 Å². The number of nitriles is 1. The summed E-state index contributed by atoms with van der Waals surface area (Å²) in [4.78, 5) is 0. The Labute approximate surface area is 119 Å². The molecular formula is C15H11F3N2O. The molecule has 21 heavy (non-hydrogen) atoms. The third-order valence-corrected chi connectivity index (χ3v) is 2.70. The maximum atomic E-state index is 13.1. The lowest BCUT2D eigenvalue weighted by atomic mass is 10.1. The molecule has 3 nitrogen and oxygen atoms in total. The predicted octanol–water partition coefficient (Wildman–Crippen LogP) is 4.10. The first-order valence-electron chi connectivity index (χ1n) is 6.05. The number of halogens is 3. The van der Waals surface area contributed by atoms with E-state index in [1.165, 1.54) is 42.5 Å². The quantitative estimate of drug-likeness (QED) is 0.902. The molecule has 1 atom stereocenters. The van der Waals surface area contributed by atoms with E-state index in [0.717, 1.165) is 0 Å². The summed E-state index contributed by atoms with van der Waals surface area (Å²) in [6.07, 6.45) is 0. The molecule has 0 heterocycles. The highest BCUT2D eigenvalue weighted by atomic mass is 19.3. The highest BCUT2D eigenvalue weighted by Gasteiger charge is 2.11. The van der Waals surface area contributed by atoms with Gasteiger partial charge in [-0.15, -0.1) is 0 Å². The van der Waals surface area contributed by atoms with E-state index >= 15 is 0 Å². The number of nitrogens with one attached hydrogen (secondary N) is 1. The third kappa shape index (κ3) is 4.14. The maximum Gasteiger partial charge on any atom is 0.387 e. The molecule has 0 bridgehead atoms. The molecule has 2 aromatic carbocycles. The van der Waals surface area contributed by atoms with Crippen LogP contribution < -0.4 is 10.1 Å². The van der Waals surface area contributed by atoms with Crippen molar-refractivity contribution in [1.29, 1.82) is 5.26 Å². The second-order valence-electron chi connectivity index (χ2n) is 4.16. The van der Waals surface area contributed by atoms with Crippen molar-refractivity contribution in [3.63, 3.8) is 0 Å². The summed E-state index contributed by atoms with van der Waals surface area (Å²) < 4.78 is 41.4. The first-order chi connectivity index (χ1) is 10.1. The van der Waals surface area contributed by atoms with Gasteiger partial charge in [0.2, 0.25) is 0 Å². The summed E-state index contributed by atoms with van der Waals surface area (Å²) in [7, 11) is 0. The predicted molar refractivity (Wildman–Crippen MR) is 71.5 cm³/mol. The largest absolute Gasteiger partial charge is 0.435 e. The molecular weight excluding hydrogens is 281 g/mol. The molecule has 1 unspecified atom stereocenters. The maximum absolute atomic E-state index is 13.1. The monoisotopic (exact) mass is 292 g/mol. The average molecular weight is 292 g/mol. The van der Waals surface area contributed by atoms with Crippen LogP contribution in [0.1, 0.15) is 11.6 Å². The van der Waals surface area contributed by atoms with Gasteiger partial charge < -0.3 is 10.1 Å². The van der Waals surface area contributed by atoms with E-state index < -0.39 is 18.5 Å². The Morgan fingerprint density at radius 2 is 1.81 bits per heavy atom. The van der Waals surface area contributed by atoms with Gasteiger partial charge in [0.1, 0.15) is 17.6 Å². The van der Waals surface area contributed by atoms with E-state index in [1.807, 2.05) is 6.07 Å². The summed E-state index contributed by atoms with van der Waals surface area (Å²) in [5.41, 5.74) is 1.01. The van der Waals surface area contributed by atoms with E-state index in [2.05, 4.69) is 10.1 Å². The zero-order valence-electron chi connectivity index (χ0n) is 10.8. The average Bonchev–Trinajstić information content (AvgIpc) is 2.45. The van der Waals surface area contributed by atoms with Crippen molar-refractivity contribution in [3.8, 4) is 11.8 Å². The first kappa shape index (κ1) is 14.7. The molecule has 108 valence electrons. The molecule has 2 aromatic rings. The number of nitrogens with zero attached hydrogens (tertiary/aromatic N) is 1. The van der Waals surface area contributed by atoms with Crippen LogP contribution in [0.5, 0.6) is 5.75 Å². The van der Waals surface area contributed by atoms with Gasteiger partial charge in [0.25, 0.3) is 0 Å². The molecule has 0 aliphatic heterocycles. The second-order valence-corrected chi connectivity index (χ2v) is 4.16. The van der Waals surface area contributed by atoms with Gasteiger partial charge in [-0.1, -0.05) is 18.2 Å². The first-order valence-corrected chi connectivity index (χ1v) is 6.05. The molecule has 0 saturated carbocycles. The smallest absolute Gasteiger partial charge is 0.387 e. The highest BCUT2D eigenvalue weighted by Crippen LogP contribution is 2.22. The number of benzene rings is 2. The fourth-order valence-electron chi connectivity index (χ4n) is 1.78. The minimum Gasteiger partial charge on any atom is -0.435 e. The topological polar surface area (TPSA) is 45.0 Å². The van der Waals surface area contributed by atoms with E-state index in [4.69, 9.17) is 5.26 Å². The number of ether oxygens (including phenoxy) is 1.